The molecule has 0 aromatic rings. The van der Waals surface area contributed by atoms with E-state index >= 15 is 0 Å². The van der Waals surface area contributed by atoms with Gasteiger partial charge in [-0.3, -0.25) is 4.79 Å². The van der Waals surface area contributed by atoms with Gasteiger partial charge in [0.15, 0.2) is 0 Å². The van der Waals surface area contributed by atoms with Crippen LogP contribution in [0, 0.1) is 51.8 Å². The number of rotatable bonds is 4. The summed E-state index contributed by atoms with van der Waals surface area (Å²) in [7, 11) is 0. The molecule has 5 aliphatic rings. The van der Waals surface area contributed by atoms with Crippen molar-refractivity contribution in [1.29, 1.82) is 0 Å². The lowest BCUT2D eigenvalue weighted by Crippen LogP contribution is -2.52. The summed E-state index contributed by atoms with van der Waals surface area (Å²) < 4.78 is 0. The zero-order chi connectivity index (χ0) is 19.9. The predicted octanol–water partition coefficient (Wildman–Crippen LogP) is 5.51. The van der Waals surface area contributed by atoms with Crippen LogP contribution in [0.15, 0.2) is 0 Å². The van der Waals surface area contributed by atoms with Crippen LogP contribution in [0.3, 0.4) is 0 Å². The average molecular weight is 389 g/mol. The largest absolute Gasteiger partial charge is 0.481 e. The number of carbonyl (C=O) groups is 1. The number of fused-ring (bicyclic) bond motifs is 4. The van der Waals surface area contributed by atoms with E-state index in [0.29, 0.717) is 28.6 Å². The highest BCUT2D eigenvalue weighted by atomic mass is 16.4. The molecule has 3 nitrogen and oxygen atoms in total. The molecule has 1 spiro atoms. The summed E-state index contributed by atoms with van der Waals surface area (Å²) in [6.07, 6.45) is 12.7. The second-order valence-electron chi connectivity index (χ2n) is 11.8. The van der Waals surface area contributed by atoms with Gasteiger partial charge < -0.3 is 10.2 Å². The molecule has 0 bridgehead atoms. The monoisotopic (exact) mass is 388 g/mol. The molecule has 5 rings (SSSR count). The summed E-state index contributed by atoms with van der Waals surface area (Å²) in [6, 6.07) is 0. The minimum Gasteiger partial charge on any atom is -0.481 e. The third-order valence-corrected chi connectivity index (χ3v) is 11.6. The summed E-state index contributed by atoms with van der Waals surface area (Å²) in [5.41, 5.74) is 1.43. The van der Waals surface area contributed by atoms with E-state index in [4.69, 9.17) is 0 Å². The van der Waals surface area contributed by atoms with Crippen LogP contribution in [0.5, 0.6) is 0 Å². The second-order valence-corrected chi connectivity index (χ2v) is 11.8. The smallest absolute Gasteiger partial charge is 0.303 e. The van der Waals surface area contributed by atoms with Crippen LogP contribution >= 0.6 is 0 Å². The van der Waals surface area contributed by atoms with E-state index in [1.54, 1.807) is 0 Å². The number of carboxylic acid groups (broad SMARTS) is 1. The van der Waals surface area contributed by atoms with Crippen LogP contribution in [-0.4, -0.2) is 22.3 Å². The van der Waals surface area contributed by atoms with Crippen molar-refractivity contribution in [1.82, 2.24) is 0 Å². The lowest BCUT2D eigenvalue weighted by molar-refractivity contribution is -0.137. The molecule has 9 unspecified atom stereocenters. The maximum absolute atomic E-state index is 11.2. The molecule has 0 radical (unpaired) electrons. The van der Waals surface area contributed by atoms with Crippen molar-refractivity contribution in [3.05, 3.63) is 0 Å². The lowest BCUT2D eigenvalue weighted by atomic mass is 9.46. The number of aliphatic carboxylic acids is 1. The van der Waals surface area contributed by atoms with Crippen molar-refractivity contribution in [3.8, 4) is 0 Å². The van der Waals surface area contributed by atoms with Gasteiger partial charge in [-0.1, -0.05) is 20.8 Å². The third kappa shape index (κ3) is 2.23. The van der Waals surface area contributed by atoms with Gasteiger partial charge >= 0.3 is 5.97 Å². The molecular weight excluding hydrogens is 348 g/mol. The van der Waals surface area contributed by atoms with Crippen molar-refractivity contribution >= 4 is 5.97 Å². The van der Waals surface area contributed by atoms with E-state index < -0.39 is 5.97 Å². The Morgan fingerprint density at radius 3 is 2.57 bits per heavy atom. The molecule has 10 atom stereocenters. The molecule has 0 aliphatic heterocycles. The number of aliphatic hydroxyl groups is 1. The number of carboxylic acids is 1. The first-order valence-corrected chi connectivity index (χ1v) is 12.2. The minimum absolute atomic E-state index is 0.0535. The van der Waals surface area contributed by atoms with E-state index in [-0.39, 0.29) is 6.10 Å². The highest BCUT2D eigenvalue weighted by Crippen LogP contribution is 2.88. The molecule has 5 aliphatic carbocycles. The molecule has 5 fully saturated rings. The molecule has 158 valence electrons. The maximum atomic E-state index is 11.2. The van der Waals surface area contributed by atoms with Gasteiger partial charge in [0.2, 0.25) is 0 Å². The molecule has 5 saturated carbocycles. The SMILES string of the molecule is CC(CCC(=O)O)C12CCC3C4CCC5C[C@H](O)CCC5(C)C4CCC31C2C. The van der Waals surface area contributed by atoms with E-state index in [1.165, 1.54) is 44.9 Å². The summed E-state index contributed by atoms with van der Waals surface area (Å²) >= 11 is 0. The van der Waals surface area contributed by atoms with Crippen LogP contribution in [0.1, 0.15) is 91.4 Å². The Hall–Kier alpha value is -0.570. The zero-order valence-corrected chi connectivity index (χ0v) is 18.1. The van der Waals surface area contributed by atoms with Gasteiger partial charge in [0.05, 0.1) is 6.10 Å². The zero-order valence-electron chi connectivity index (χ0n) is 18.1. The molecular formula is C25H40O3. The van der Waals surface area contributed by atoms with Crippen molar-refractivity contribution in [3.63, 3.8) is 0 Å². The van der Waals surface area contributed by atoms with Crippen LogP contribution in [0.25, 0.3) is 0 Å². The van der Waals surface area contributed by atoms with E-state index in [0.717, 1.165) is 48.9 Å². The highest BCUT2D eigenvalue weighted by Gasteiger charge is 2.82. The first-order valence-electron chi connectivity index (χ1n) is 12.2. The van der Waals surface area contributed by atoms with Crippen molar-refractivity contribution in [2.75, 3.05) is 0 Å². The molecule has 0 heterocycles. The van der Waals surface area contributed by atoms with Gasteiger partial charge in [0.1, 0.15) is 0 Å². The van der Waals surface area contributed by atoms with Gasteiger partial charge in [-0.25, -0.2) is 0 Å². The summed E-state index contributed by atoms with van der Waals surface area (Å²) in [6.45, 7) is 7.45. The van der Waals surface area contributed by atoms with Gasteiger partial charge in [0.25, 0.3) is 0 Å². The maximum Gasteiger partial charge on any atom is 0.303 e. The molecule has 0 aromatic carbocycles. The Labute approximate surface area is 170 Å². The van der Waals surface area contributed by atoms with Crippen molar-refractivity contribution in [2.45, 2.75) is 97.5 Å². The Morgan fingerprint density at radius 1 is 1.07 bits per heavy atom. The van der Waals surface area contributed by atoms with Gasteiger partial charge in [-0.15, -0.1) is 0 Å². The van der Waals surface area contributed by atoms with E-state index in [1.807, 2.05) is 0 Å². The first kappa shape index (κ1) is 19.4. The standard InChI is InChI=1S/C25H40O3/c1-15(4-7-22(27)28)24-12-10-21-19-6-5-17-14-18(26)8-11-23(17,3)20(19)9-13-25(21,24)16(24)2/h15-21,26H,4-14H2,1-3H3,(H,27,28)/t15?,16?,17?,18-,19?,20?,21?,23?,24?,25?/m1/s1. The van der Waals surface area contributed by atoms with E-state index in [2.05, 4.69) is 20.8 Å². The van der Waals surface area contributed by atoms with Gasteiger partial charge in [0, 0.05) is 6.42 Å². The number of hydrogen-bond acceptors (Lipinski definition) is 2. The fourth-order valence-electron chi connectivity index (χ4n) is 10.4. The Bertz CT molecular complexity index is 660. The molecule has 28 heavy (non-hydrogen) atoms. The van der Waals surface area contributed by atoms with Crippen molar-refractivity contribution in [2.24, 2.45) is 51.8 Å². The molecule has 2 N–H and O–H groups in total. The van der Waals surface area contributed by atoms with Crippen LogP contribution in [0.2, 0.25) is 0 Å². The molecule has 0 aromatic heterocycles. The van der Waals surface area contributed by atoms with Crippen LogP contribution in [0.4, 0.5) is 0 Å². The summed E-state index contributed by atoms with van der Waals surface area (Å²) in [5.74, 6) is 4.10. The third-order valence-electron chi connectivity index (χ3n) is 11.6. The topological polar surface area (TPSA) is 57.5 Å². The highest BCUT2D eigenvalue weighted by molar-refractivity contribution is 5.66. The van der Waals surface area contributed by atoms with Crippen LogP contribution < -0.4 is 0 Å². The van der Waals surface area contributed by atoms with Gasteiger partial charge in [-0.2, -0.15) is 0 Å². The number of aliphatic hydroxyl groups excluding tert-OH is 1. The van der Waals surface area contributed by atoms with Gasteiger partial charge in [-0.05, 0) is 116 Å². The fourth-order valence-corrected chi connectivity index (χ4v) is 10.4. The fraction of sp³-hybridized carbons (Fsp3) is 0.960. The molecule has 0 saturated heterocycles. The Morgan fingerprint density at radius 2 is 1.82 bits per heavy atom. The summed E-state index contributed by atoms with van der Waals surface area (Å²) in [5, 5.41) is 19.4. The Balaban J connectivity index is 1.39. The van der Waals surface area contributed by atoms with E-state index in [9.17, 15) is 15.0 Å². The predicted molar refractivity (Wildman–Crippen MR) is 110 cm³/mol. The normalized spacial score (nSPS) is 55.4. The lowest BCUT2D eigenvalue weighted by Gasteiger charge is -2.59. The summed E-state index contributed by atoms with van der Waals surface area (Å²) in [4.78, 5) is 11.2. The van der Waals surface area contributed by atoms with Crippen molar-refractivity contribution < 1.29 is 15.0 Å². The quantitative estimate of drug-likeness (QED) is 0.668. The Kier molecular flexibility index (Phi) is 4.31. The minimum atomic E-state index is -0.630. The second kappa shape index (κ2) is 6.22. The number of hydrogen-bond donors (Lipinski definition) is 2. The van der Waals surface area contributed by atoms with Crippen LogP contribution in [-0.2, 0) is 4.79 Å². The first-order chi connectivity index (χ1) is 13.3. The molecule has 0 amide bonds. The molecule has 3 heteroatoms. The average Bonchev–Trinajstić information content (AvgIpc) is 2.98.